The lowest BCUT2D eigenvalue weighted by Gasteiger charge is -2.16. The van der Waals surface area contributed by atoms with Crippen LogP contribution in [0.3, 0.4) is 0 Å². The van der Waals surface area contributed by atoms with Gasteiger partial charge in [-0.25, -0.2) is 0 Å². The van der Waals surface area contributed by atoms with Gasteiger partial charge in [-0.15, -0.1) is 10.2 Å². The summed E-state index contributed by atoms with van der Waals surface area (Å²) in [6.07, 6.45) is 5.75. The van der Waals surface area contributed by atoms with Gasteiger partial charge in [0.05, 0.1) is 5.41 Å². The summed E-state index contributed by atoms with van der Waals surface area (Å²) in [6.45, 7) is 2.44. The average molecular weight is 260 g/mol. The third-order valence-electron chi connectivity index (χ3n) is 3.73. The highest BCUT2D eigenvalue weighted by Crippen LogP contribution is 2.45. The molecule has 1 atom stereocenters. The van der Waals surface area contributed by atoms with E-state index in [0.717, 1.165) is 12.8 Å². The molecule has 0 bridgehead atoms. The predicted octanol–water partition coefficient (Wildman–Crippen LogP) is 0.410. The number of nitrogens with one attached hydrogen (secondary N) is 2. The predicted molar refractivity (Wildman–Crippen MR) is 67.2 cm³/mol. The van der Waals surface area contributed by atoms with Gasteiger partial charge in [0.1, 0.15) is 6.04 Å². The summed E-state index contributed by atoms with van der Waals surface area (Å²) in [7, 11) is 0. The summed E-state index contributed by atoms with van der Waals surface area (Å²) in [5, 5.41) is 17.1. The lowest BCUT2D eigenvalue weighted by atomic mass is 10.1. The molecule has 100 valence electrons. The van der Waals surface area contributed by atoms with Gasteiger partial charge in [-0.2, -0.15) is 5.21 Å². The van der Waals surface area contributed by atoms with Crippen LogP contribution in [0.4, 0.5) is 0 Å². The number of amides is 1. The largest absolute Gasteiger partial charge is 0.353 e. The Bertz CT molecular complexity index is 543. The molecule has 1 aliphatic rings. The number of aromatic nitrogens is 5. The van der Waals surface area contributed by atoms with Crippen LogP contribution in [0.2, 0.25) is 0 Å². The molecule has 2 heterocycles. The maximum atomic E-state index is 12.1. The van der Waals surface area contributed by atoms with Gasteiger partial charge >= 0.3 is 0 Å². The Morgan fingerprint density at radius 1 is 1.53 bits per heavy atom. The number of hydrogen-bond donors (Lipinski definition) is 2. The fourth-order valence-corrected chi connectivity index (χ4v) is 2.16. The van der Waals surface area contributed by atoms with Gasteiger partial charge in [0.25, 0.3) is 0 Å². The van der Waals surface area contributed by atoms with Gasteiger partial charge in [-0.3, -0.25) is 4.79 Å². The maximum Gasteiger partial charge on any atom is 0.242 e. The fraction of sp³-hybridized carbons (Fsp3) is 0.500. The van der Waals surface area contributed by atoms with Crippen LogP contribution in [0.15, 0.2) is 24.5 Å². The van der Waals surface area contributed by atoms with Gasteiger partial charge in [0.15, 0.2) is 5.82 Å². The van der Waals surface area contributed by atoms with Crippen LogP contribution < -0.4 is 5.32 Å². The Balaban J connectivity index is 1.60. The zero-order valence-corrected chi connectivity index (χ0v) is 10.7. The van der Waals surface area contributed by atoms with E-state index in [1.165, 1.54) is 0 Å². The van der Waals surface area contributed by atoms with Crippen molar-refractivity contribution in [3.05, 3.63) is 30.4 Å². The quantitative estimate of drug-likeness (QED) is 0.815. The lowest BCUT2D eigenvalue weighted by molar-refractivity contribution is -0.124. The summed E-state index contributed by atoms with van der Waals surface area (Å²) < 4.78 is 1.88. The van der Waals surface area contributed by atoms with E-state index in [4.69, 9.17) is 0 Å². The number of nitrogens with zero attached hydrogens (tertiary/aromatic N) is 4. The van der Waals surface area contributed by atoms with Crippen LogP contribution in [0.25, 0.3) is 0 Å². The Hall–Kier alpha value is -2.18. The monoisotopic (exact) mass is 260 g/mol. The molecule has 0 aliphatic heterocycles. The number of tetrazole rings is 1. The summed E-state index contributed by atoms with van der Waals surface area (Å²) >= 11 is 0. The minimum atomic E-state index is -0.212. The van der Waals surface area contributed by atoms with Gasteiger partial charge in [0, 0.05) is 18.9 Å². The number of H-pyrrole nitrogens is 1. The van der Waals surface area contributed by atoms with Crippen LogP contribution in [0.1, 0.15) is 31.6 Å². The molecular formula is C12H16N6O. The first kappa shape index (κ1) is 11.9. The summed E-state index contributed by atoms with van der Waals surface area (Å²) in [6, 6.07) is 3.60. The SMILES string of the molecule is CC(C(=O)NCC1(c2nn[nH]n2)CC1)n1cccc1. The second-order valence-corrected chi connectivity index (χ2v) is 5.04. The molecule has 7 nitrogen and oxygen atoms in total. The van der Waals surface area contributed by atoms with Crippen molar-refractivity contribution in [1.82, 2.24) is 30.5 Å². The van der Waals surface area contributed by atoms with Crippen molar-refractivity contribution in [1.29, 1.82) is 0 Å². The second-order valence-electron chi connectivity index (χ2n) is 5.04. The molecule has 0 spiro atoms. The first-order chi connectivity index (χ1) is 9.21. The highest BCUT2D eigenvalue weighted by Gasteiger charge is 2.48. The zero-order valence-electron chi connectivity index (χ0n) is 10.7. The van der Waals surface area contributed by atoms with Crippen LogP contribution >= 0.6 is 0 Å². The Morgan fingerprint density at radius 2 is 2.26 bits per heavy atom. The molecule has 19 heavy (non-hydrogen) atoms. The number of carbonyl (C=O) groups is 1. The normalized spacial score (nSPS) is 17.9. The molecule has 1 unspecified atom stereocenters. The average Bonchev–Trinajstić information content (AvgIpc) is 2.92. The minimum absolute atomic E-state index is 0.00553. The van der Waals surface area contributed by atoms with E-state index in [0.29, 0.717) is 12.4 Å². The lowest BCUT2D eigenvalue weighted by Crippen LogP contribution is -2.36. The maximum absolute atomic E-state index is 12.1. The molecule has 0 saturated heterocycles. The van der Waals surface area contributed by atoms with E-state index < -0.39 is 0 Å². The first-order valence-electron chi connectivity index (χ1n) is 6.35. The molecular weight excluding hydrogens is 244 g/mol. The molecule has 1 amide bonds. The Kier molecular flexibility index (Phi) is 2.81. The molecule has 0 aromatic carbocycles. The molecule has 2 aromatic rings. The molecule has 7 heteroatoms. The summed E-state index contributed by atoms with van der Waals surface area (Å²) in [4.78, 5) is 12.1. The number of hydrogen-bond acceptors (Lipinski definition) is 4. The molecule has 1 aliphatic carbocycles. The zero-order chi connectivity index (χ0) is 13.3. The van der Waals surface area contributed by atoms with Crippen LogP contribution in [0, 0.1) is 0 Å². The number of aromatic amines is 1. The minimum Gasteiger partial charge on any atom is -0.353 e. The summed E-state index contributed by atoms with van der Waals surface area (Å²) in [5.74, 6) is 0.701. The van der Waals surface area contributed by atoms with E-state index in [1.54, 1.807) is 0 Å². The van der Waals surface area contributed by atoms with E-state index in [2.05, 4.69) is 25.9 Å². The highest BCUT2D eigenvalue weighted by molar-refractivity contribution is 5.80. The Labute approximate surface area is 110 Å². The summed E-state index contributed by atoms with van der Waals surface area (Å²) in [5.41, 5.74) is -0.112. The first-order valence-corrected chi connectivity index (χ1v) is 6.35. The van der Waals surface area contributed by atoms with E-state index in [-0.39, 0.29) is 17.4 Å². The smallest absolute Gasteiger partial charge is 0.242 e. The van der Waals surface area contributed by atoms with Gasteiger partial charge in [0.2, 0.25) is 5.91 Å². The van der Waals surface area contributed by atoms with Crippen molar-refractivity contribution in [3.63, 3.8) is 0 Å². The molecule has 0 radical (unpaired) electrons. The molecule has 2 aromatic heterocycles. The van der Waals surface area contributed by atoms with Gasteiger partial charge in [-0.05, 0) is 31.9 Å². The van der Waals surface area contributed by atoms with Crippen molar-refractivity contribution < 1.29 is 4.79 Å². The second kappa shape index (κ2) is 4.49. The van der Waals surface area contributed by atoms with Gasteiger partial charge in [-0.1, -0.05) is 5.21 Å². The molecule has 2 N–H and O–H groups in total. The third-order valence-corrected chi connectivity index (χ3v) is 3.73. The van der Waals surface area contributed by atoms with Crippen molar-refractivity contribution in [3.8, 4) is 0 Å². The van der Waals surface area contributed by atoms with Gasteiger partial charge < -0.3 is 9.88 Å². The van der Waals surface area contributed by atoms with Crippen LogP contribution in [0.5, 0.6) is 0 Å². The molecule has 1 fully saturated rings. The van der Waals surface area contributed by atoms with Crippen molar-refractivity contribution in [2.24, 2.45) is 0 Å². The molecule has 3 rings (SSSR count). The van der Waals surface area contributed by atoms with Crippen molar-refractivity contribution >= 4 is 5.91 Å². The van der Waals surface area contributed by atoms with E-state index in [9.17, 15) is 4.79 Å². The third kappa shape index (κ3) is 2.23. The molecule has 1 saturated carbocycles. The topological polar surface area (TPSA) is 88.5 Å². The van der Waals surface area contributed by atoms with E-state index >= 15 is 0 Å². The standard InChI is InChI=1S/C12H16N6O/c1-9(18-6-2-3-7-18)10(19)13-8-12(4-5-12)11-14-16-17-15-11/h2-3,6-7,9H,4-5,8H2,1H3,(H,13,19)(H,14,15,16,17). The van der Waals surface area contributed by atoms with Crippen molar-refractivity contribution in [2.75, 3.05) is 6.54 Å². The highest BCUT2D eigenvalue weighted by atomic mass is 16.2. The Morgan fingerprint density at radius 3 is 2.84 bits per heavy atom. The van der Waals surface area contributed by atoms with Crippen molar-refractivity contribution in [2.45, 2.75) is 31.2 Å². The number of carbonyl (C=O) groups excluding carboxylic acids is 1. The van der Waals surface area contributed by atoms with E-state index in [1.807, 2.05) is 36.0 Å². The fourth-order valence-electron chi connectivity index (χ4n) is 2.16. The van der Waals surface area contributed by atoms with Crippen LogP contribution in [-0.2, 0) is 10.2 Å². The van der Waals surface area contributed by atoms with Crippen LogP contribution in [-0.4, -0.2) is 37.6 Å². The number of rotatable bonds is 5.